The van der Waals surface area contributed by atoms with E-state index >= 15 is 0 Å². The number of carbonyl (C=O) groups is 1. The topological polar surface area (TPSA) is 65.0 Å². The van der Waals surface area contributed by atoms with Crippen molar-refractivity contribution >= 4 is 5.97 Å². The van der Waals surface area contributed by atoms with Gasteiger partial charge in [0.1, 0.15) is 5.69 Å². The highest BCUT2D eigenvalue weighted by atomic mass is 16.5. The van der Waals surface area contributed by atoms with Gasteiger partial charge in [-0.2, -0.15) is 5.10 Å². The molecule has 2 rings (SSSR count). The third kappa shape index (κ3) is 2.63. The molecule has 0 aliphatic carbocycles. The molecule has 5 heteroatoms. The minimum Gasteiger partial charge on any atom is -0.462 e. The summed E-state index contributed by atoms with van der Waals surface area (Å²) in [5, 5.41) is 7.71. The predicted octanol–water partition coefficient (Wildman–Crippen LogP) is 1.72. The van der Waals surface area contributed by atoms with Gasteiger partial charge >= 0.3 is 5.97 Å². The fourth-order valence-electron chi connectivity index (χ4n) is 1.33. The van der Waals surface area contributed by atoms with E-state index in [0.29, 0.717) is 23.6 Å². The maximum absolute atomic E-state index is 11.5. The summed E-state index contributed by atoms with van der Waals surface area (Å²) in [4.78, 5) is 15.7. The average Bonchev–Trinajstić information content (AvgIpc) is 2.40. The second kappa shape index (κ2) is 5.16. The first-order chi connectivity index (χ1) is 8.31. The Bertz CT molecular complexity index is 514. The molecule has 86 valence electrons. The normalized spacial score (nSPS) is 9.94. The van der Waals surface area contributed by atoms with Crippen molar-refractivity contribution in [3.8, 4) is 11.4 Å². The number of nitrogens with zero attached hydrogens (tertiary/aromatic N) is 3. The van der Waals surface area contributed by atoms with Crippen molar-refractivity contribution in [3.63, 3.8) is 0 Å². The summed E-state index contributed by atoms with van der Waals surface area (Å²) in [5.74, 6) is -0.403. The molecule has 0 bridgehead atoms. The summed E-state index contributed by atoms with van der Waals surface area (Å²) in [6.07, 6.45) is 3.04. The molecule has 0 saturated carbocycles. The van der Waals surface area contributed by atoms with Crippen LogP contribution in [-0.4, -0.2) is 27.8 Å². The second-order valence-electron chi connectivity index (χ2n) is 3.26. The van der Waals surface area contributed by atoms with Crippen LogP contribution in [0.5, 0.6) is 0 Å². The number of hydrogen-bond acceptors (Lipinski definition) is 5. The Morgan fingerprint density at radius 1 is 1.35 bits per heavy atom. The molecule has 0 aromatic carbocycles. The van der Waals surface area contributed by atoms with Crippen LogP contribution in [0.15, 0.2) is 36.7 Å². The van der Waals surface area contributed by atoms with Crippen molar-refractivity contribution < 1.29 is 9.53 Å². The summed E-state index contributed by atoms with van der Waals surface area (Å²) in [6, 6.07) is 7.08. The molecule has 2 aromatic heterocycles. The molecular formula is C12H11N3O2. The van der Waals surface area contributed by atoms with E-state index in [4.69, 9.17) is 4.74 Å². The number of ether oxygens (including phenoxy) is 1. The van der Waals surface area contributed by atoms with E-state index in [2.05, 4.69) is 15.2 Å². The van der Waals surface area contributed by atoms with Crippen molar-refractivity contribution in [2.75, 3.05) is 6.61 Å². The van der Waals surface area contributed by atoms with Gasteiger partial charge in [-0.15, -0.1) is 5.10 Å². The number of esters is 1. The van der Waals surface area contributed by atoms with E-state index in [1.54, 1.807) is 25.3 Å². The van der Waals surface area contributed by atoms with E-state index in [9.17, 15) is 4.79 Å². The smallest absolute Gasteiger partial charge is 0.339 e. The molecule has 17 heavy (non-hydrogen) atoms. The molecule has 0 aliphatic rings. The van der Waals surface area contributed by atoms with Crippen LogP contribution < -0.4 is 0 Å². The van der Waals surface area contributed by atoms with E-state index < -0.39 is 5.97 Å². The van der Waals surface area contributed by atoms with Crippen molar-refractivity contribution in [2.24, 2.45) is 0 Å². The summed E-state index contributed by atoms with van der Waals surface area (Å²) < 4.78 is 4.89. The van der Waals surface area contributed by atoms with Gasteiger partial charge in [-0.25, -0.2) is 4.79 Å². The Morgan fingerprint density at radius 2 is 2.24 bits per heavy atom. The Morgan fingerprint density at radius 3 is 2.94 bits per heavy atom. The Balaban J connectivity index is 2.32. The zero-order chi connectivity index (χ0) is 12.1. The van der Waals surface area contributed by atoms with Gasteiger partial charge in [-0.3, -0.25) is 4.98 Å². The van der Waals surface area contributed by atoms with E-state index in [1.807, 2.05) is 12.1 Å². The largest absolute Gasteiger partial charge is 0.462 e. The Hall–Kier alpha value is -2.30. The number of aromatic nitrogens is 3. The maximum atomic E-state index is 11.5. The Labute approximate surface area is 98.5 Å². The van der Waals surface area contributed by atoms with E-state index in [1.165, 1.54) is 6.20 Å². The lowest BCUT2D eigenvalue weighted by Gasteiger charge is -2.02. The summed E-state index contributed by atoms with van der Waals surface area (Å²) >= 11 is 0. The van der Waals surface area contributed by atoms with Gasteiger partial charge in [-0.05, 0) is 25.1 Å². The molecule has 0 amide bonds. The van der Waals surface area contributed by atoms with Crippen molar-refractivity contribution in [1.29, 1.82) is 0 Å². The van der Waals surface area contributed by atoms with Crippen LogP contribution >= 0.6 is 0 Å². The van der Waals surface area contributed by atoms with Crippen LogP contribution in [0.2, 0.25) is 0 Å². The molecule has 5 nitrogen and oxygen atoms in total. The van der Waals surface area contributed by atoms with Crippen molar-refractivity contribution in [3.05, 3.63) is 42.2 Å². The van der Waals surface area contributed by atoms with E-state index in [-0.39, 0.29) is 0 Å². The first-order valence-electron chi connectivity index (χ1n) is 5.22. The highest BCUT2D eigenvalue weighted by molar-refractivity contribution is 5.89. The first-order valence-corrected chi connectivity index (χ1v) is 5.22. The molecule has 0 saturated heterocycles. The average molecular weight is 229 g/mol. The molecule has 2 heterocycles. The molecule has 0 radical (unpaired) electrons. The molecule has 0 N–H and O–H groups in total. The minimum absolute atomic E-state index is 0.333. The van der Waals surface area contributed by atoms with Gasteiger partial charge in [0.05, 0.1) is 24.1 Å². The molecule has 2 aromatic rings. The van der Waals surface area contributed by atoms with Crippen LogP contribution in [-0.2, 0) is 4.74 Å². The fraction of sp³-hybridized carbons (Fsp3) is 0.167. The van der Waals surface area contributed by atoms with Crippen molar-refractivity contribution in [1.82, 2.24) is 15.2 Å². The highest BCUT2D eigenvalue weighted by Gasteiger charge is 2.09. The Kier molecular flexibility index (Phi) is 3.40. The summed E-state index contributed by atoms with van der Waals surface area (Å²) in [7, 11) is 0. The van der Waals surface area contributed by atoms with Crippen LogP contribution in [0.1, 0.15) is 17.3 Å². The highest BCUT2D eigenvalue weighted by Crippen LogP contribution is 2.13. The summed E-state index contributed by atoms with van der Waals surface area (Å²) in [6.45, 7) is 2.09. The van der Waals surface area contributed by atoms with Gasteiger partial charge in [0, 0.05) is 6.20 Å². The molecule has 0 aliphatic heterocycles. The van der Waals surface area contributed by atoms with Crippen molar-refractivity contribution in [2.45, 2.75) is 6.92 Å². The lowest BCUT2D eigenvalue weighted by molar-refractivity contribution is 0.0525. The van der Waals surface area contributed by atoms with Crippen LogP contribution in [0, 0.1) is 0 Å². The number of hydrogen-bond donors (Lipinski definition) is 0. The predicted molar refractivity (Wildman–Crippen MR) is 61.2 cm³/mol. The SMILES string of the molecule is CCOC(=O)c1cnnc(-c2ccccn2)c1. The summed E-state index contributed by atoms with van der Waals surface area (Å²) in [5.41, 5.74) is 1.60. The first kappa shape index (κ1) is 11.2. The number of rotatable bonds is 3. The minimum atomic E-state index is -0.403. The molecule has 0 unspecified atom stereocenters. The van der Waals surface area contributed by atoms with Crippen LogP contribution in [0.25, 0.3) is 11.4 Å². The zero-order valence-electron chi connectivity index (χ0n) is 9.33. The van der Waals surface area contributed by atoms with Gasteiger partial charge in [0.25, 0.3) is 0 Å². The lowest BCUT2D eigenvalue weighted by Crippen LogP contribution is -2.06. The zero-order valence-corrected chi connectivity index (χ0v) is 9.33. The molecule has 0 atom stereocenters. The molecule has 0 fully saturated rings. The van der Waals surface area contributed by atoms with Crippen LogP contribution in [0.3, 0.4) is 0 Å². The lowest BCUT2D eigenvalue weighted by atomic mass is 10.2. The van der Waals surface area contributed by atoms with E-state index in [0.717, 1.165) is 0 Å². The molecular weight excluding hydrogens is 218 g/mol. The van der Waals surface area contributed by atoms with Gasteiger partial charge in [0.2, 0.25) is 0 Å². The number of pyridine rings is 1. The van der Waals surface area contributed by atoms with Crippen LogP contribution in [0.4, 0.5) is 0 Å². The third-order valence-electron chi connectivity index (χ3n) is 2.09. The van der Waals surface area contributed by atoms with Gasteiger partial charge in [-0.1, -0.05) is 6.07 Å². The third-order valence-corrected chi connectivity index (χ3v) is 2.09. The standard InChI is InChI=1S/C12H11N3O2/c1-2-17-12(16)9-7-11(15-14-8-9)10-5-3-4-6-13-10/h3-8H,2H2,1H3. The van der Waals surface area contributed by atoms with Gasteiger partial charge in [0.15, 0.2) is 0 Å². The fourth-order valence-corrected chi connectivity index (χ4v) is 1.33. The van der Waals surface area contributed by atoms with Gasteiger partial charge < -0.3 is 4.74 Å². The quantitative estimate of drug-likeness (QED) is 0.750. The maximum Gasteiger partial charge on any atom is 0.339 e. The molecule has 0 spiro atoms. The second-order valence-corrected chi connectivity index (χ2v) is 3.26. The monoisotopic (exact) mass is 229 g/mol. The number of carbonyl (C=O) groups excluding carboxylic acids is 1.